The molecule has 0 aliphatic rings. The van der Waals surface area contributed by atoms with Gasteiger partial charge >= 0.3 is 11.9 Å². The fraction of sp³-hybridized carbons (Fsp3) is 0.333. The van der Waals surface area contributed by atoms with Gasteiger partial charge in [0.2, 0.25) is 0 Å². The molecule has 4 nitrogen and oxygen atoms in total. The van der Waals surface area contributed by atoms with Crippen molar-refractivity contribution < 1.29 is 19.1 Å². The maximum atomic E-state index is 11.9. The summed E-state index contributed by atoms with van der Waals surface area (Å²) in [4.78, 5) is 24.2. The summed E-state index contributed by atoms with van der Waals surface area (Å²) in [5.74, 6) is -1.33. The van der Waals surface area contributed by atoms with Crippen molar-refractivity contribution in [3.05, 3.63) is 29.3 Å². The molecule has 0 aromatic heterocycles. The van der Waals surface area contributed by atoms with Crippen LogP contribution in [0.25, 0.3) is 0 Å². The number of esters is 2. The van der Waals surface area contributed by atoms with Gasteiger partial charge in [-0.3, -0.25) is 0 Å². The van der Waals surface area contributed by atoms with Crippen LogP contribution in [0.5, 0.6) is 0 Å². The summed E-state index contributed by atoms with van der Waals surface area (Å²) in [5.41, 5.74) is -1.02. The van der Waals surface area contributed by atoms with Gasteiger partial charge in [0, 0.05) is 4.90 Å². The summed E-state index contributed by atoms with van der Waals surface area (Å²) in [7, 11) is 0. The van der Waals surface area contributed by atoms with Crippen molar-refractivity contribution in [3.8, 4) is 0 Å². The van der Waals surface area contributed by atoms with Crippen LogP contribution in [-0.4, -0.2) is 22.8 Å². The number of thiol groups is 3. The second-order valence-corrected chi connectivity index (χ2v) is 5.65. The number of ether oxygens (including phenoxy) is 2. The summed E-state index contributed by atoms with van der Waals surface area (Å²) in [6, 6.07) is 4.66. The fourth-order valence-corrected chi connectivity index (χ4v) is 1.85. The van der Waals surface area contributed by atoms with Crippen LogP contribution >= 0.6 is 37.9 Å². The van der Waals surface area contributed by atoms with E-state index in [1.165, 1.54) is 6.07 Å². The molecule has 7 heteroatoms. The Morgan fingerprint density at radius 1 is 1.05 bits per heavy atom. The van der Waals surface area contributed by atoms with Gasteiger partial charge in [0.15, 0.2) is 0 Å². The van der Waals surface area contributed by atoms with Crippen molar-refractivity contribution in [1.29, 1.82) is 0 Å². The quantitative estimate of drug-likeness (QED) is 0.454. The number of hydrogen-bond acceptors (Lipinski definition) is 7. The molecule has 1 aromatic carbocycles. The zero-order chi connectivity index (χ0) is 14.6. The lowest BCUT2D eigenvalue weighted by Gasteiger charge is -2.13. The lowest BCUT2D eigenvalue weighted by molar-refractivity contribution is 0.0433. The lowest BCUT2D eigenvalue weighted by Crippen LogP contribution is -2.18. The maximum absolute atomic E-state index is 11.9. The summed E-state index contributed by atoms with van der Waals surface area (Å²) >= 11 is 12.1. The number of carbonyl (C=O) groups excluding carboxylic acids is 2. The highest BCUT2D eigenvalue weighted by molar-refractivity contribution is 7.81. The molecule has 0 saturated carbocycles. The SMILES string of the molecule is CC(S)OC(=O)c1cccc(S)c1C(=O)OC(C)S. The van der Waals surface area contributed by atoms with E-state index in [0.717, 1.165) is 0 Å². The van der Waals surface area contributed by atoms with E-state index in [2.05, 4.69) is 37.9 Å². The number of benzene rings is 1. The Morgan fingerprint density at radius 2 is 1.58 bits per heavy atom. The van der Waals surface area contributed by atoms with E-state index < -0.39 is 22.8 Å². The minimum atomic E-state index is -0.674. The van der Waals surface area contributed by atoms with Gasteiger partial charge in [-0.2, -0.15) is 0 Å². The average Bonchev–Trinajstić information content (AvgIpc) is 2.26. The summed E-state index contributed by atoms with van der Waals surface area (Å²) in [5, 5.41) is 0. The van der Waals surface area contributed by atoms with Crippen LogP contribution in [0, 0.1) is 0 Å². The average molecular weight is 318 g/mol. The van der Waals surface area contributed by atoms with Gasteiger partial charge in [-0.25, -0.2) is 9.59 Å². The van der Waals surface area contributed by atoms with E-state index in [0.29, 0.717) is 4.90 Å². The molecule has 0 fully saturated rings. The zero-order valence-electron chi connectivity index (χ0n) is 10.4. The Balaban J connectivity index is 3.15. The van der Waals surface area contributed by atoms with Crippen molar-refractivity contribution in [3.63, 3.8) is 0 Å². The molecule has 0 aliphatic heterocycles. The third-order valence-corrected chi connectivity index (χ3v) is 2.61. The molecule has 0 radical (unpaired) electrons. The lowest BCUT2D eigenvalue weighted by atomic mass is 10.1. The van der Waals surface area contributed by atoms with Crippen molar-refractivity contribution in [2.75, 3.05) is 0 Å². The highest BCUT2D eigenvalue weighted by Gasteiger charge is 2.23. The first-order chi connectivity index (χ1) is 8.82. The molecular formula is C12H14O4S3. The zero-order valence-corrected chi connectivity index (χ0v) is 13.0. The van der Waals surface area contributed by atoms with Gasteiger partial charge in [0.25, 0.3) is 0 Å². The minimum absolute atomic E-state index is 0.0608. The minimum Gasteiger partial charge on any atom is -0.448 e. The topological polar surface area (TPSA) is 52.6 Å². The summed E-state index contributed by atoms with van der Waals surface area (Å²) < 4.78 is 9.91. The highest BCUT2D eigenvalue weighted by Crippen LogP contribution is 2.22. The Kier molecular flexibility index (Phi) is 6.09. The monoisotopic (exact) mass is 318 g/mol. The van der Waals surface area contributed by atoms with Crippen LogP contribution in [-0.2, 0) is 9.47 Å². The van der Waals surface area contributed by atoms with Crippen molar-refractivity contribution in [2.24, 2.45) is 0 Å². The summed E-state index contributed by atoms with van der Waals surface area (Å²) in [6.45, 7) is 3.19. The van der Waals surface area contributed by atoms with E-state index in [-0.39, 0.29) is 11.1 Å². The Hall–Kier alpha value is -0.790. The van der Waals surface area contributed by atoms with Gasteiger partial charge in [-0.05, 0) is 26.0 Å². The smallest absolute Gasteiger partial charge is 0.341 e. The van der Waals surface area contributed by atoms with E-state index in [4.69, 9.17) is 9.47 Å². The molecular weight excluding hydrogens is 304 g/mol. The van der Waals surface area contributed by atoms with E-state index in [1.807, 2.05) is 0 Å². The number of carbonyl (C=O) groups is 2. The molecule has 104 valence electrons. The third kappa shape index (κ3) is 4.67. The van der Waals surface area contributed by atoms with Crippen molar-refractivity contribution >= 4 is 49.8 Å². The van der Waals surface area contributed by atoms with Crippen LogP contribution in [0.4, 0.5) is 0 Å². The van der Waals surface area contributed by atoms with Crippen LogP contribution in [0.1, 0.15) is 34.6 Å². The molecule has 1 rings (SSSR count). The maximum Gasteiger partial charge on any atom is 0.341 e. The first-order valence-electron chi connectivity index (χ1n) is 5.43. The van der Waals surface area contributed by atoms with E-state index in [9.17, 15) is 9.59 Å². The predicted molar refractivity (Wildman–Crippen MR) is 81.4 cm³/mol. The molecule has 0 spiro atoms. The molecule has 1 aromatic rings. The van der Waals surface area contributed by atoms with Gasteiger partial charge in [-0.1, -0.05) is 6.07 Å². The van der Waals surface area contributed by atoms with Crippen LogP contribution in [0.3, 0.4) is 0 Å². The molecule has 19 heavy (non-hydrogen) atoms. The van der Waals surface area contributed by atoms with Gasteiger partial charge in [-0.15, -0.1) is 37.9 Å². The van der Waals surface area contributed by atoms with Crippen LogP contribution in [0.15, 0.2) is 23.1 Å². The second-order valence-electron chi connectivity index (χ2n) is 3.71. The normalized spacial score (nSPS) is 13.5. The van der Waals surface area contributed by atoms with Gasteiger partial charge in [0.1, 0.15) is 10.9 Å². The molecule has 0 heterocycles. The van der Waals surface area contributed by atoms with Crippen molar-refractivity contribution in [1.82, 2.24) is 0 Å². The van der Waals surface area contributed by atoms with Crippen LogP contribution in [0.2, 0.25) is 0 Å². The number of rotatable bonds is 4. The fourth-order valence-electron chi connectivity index (χ4n) is 1.36. The second kappa shape index (κ2) is 7.12. The molecule has 2 atom stereocenters. The molecule has 0 saturated heterocycles. The summed E-state index contributed by atoms with van der Waals surface area (Å²) in [6.07, 6.45) is 0. The first kappa shape index (κ1) is 16.3. The third-order valence-electron chi connectivity index (χ3n) is 2.02. The molecule has 2 unspecified atom stereocenters. The Morgan fingerprint density at radius 3 is 2.11 bits per heavy atom. The van der Waals surface area contributed by atoms with E-state index in [1.54, 1.807) is 26.0 Å². The first-order valence-corrected chi connectivity index (χ1v) is 6.91. The molecule has 0 aliphatic carbocycles. The molecule has 0 N–H and O–H groups in total. The van der Waals surface area contributed by atoms with Gasteiger partial charge < -0.3 is 9.47 Å². The molecule has 0 bridgehead atoms. The Labute approximate surface area is 128 Å². The van der Waals surface area contributed by atoms with Crippen molar-refractivity contribution in [2.45, 2.75) is 29.6 Å². The Bertz CT molecular complexity index is 486. The van der Waals surface area contributed by atoms with Crippen LogP contribution < -0.4 is 0 Å². The highest BCUT2D eigenvalue weighted by atomic mass is 32.1. The number of hydrogen-bond donors (Lipinski definition) is 3. The standard InChI is InChI=1S/C12H14O4S3/c1-6(17)15-11(13)8-4-3-5-9(19)10(8)12(14)16-7(2)18/h3-7,17-19H,1-2H3. The largest absolute Gasteiger partial charge is 0.448 e. The van der Waals surface area contributed by atoms with Gasteiger partial charge in [0.05, 0.1) is 11.1 Å². The predicted octanol–water partition coefficient (Wildman–Crippen LogP) is 2.84. The van der Waals surface area contributed by atoms with E-state index >= 15 is 0 Å². The molecule has 0 amide bonds.